The van der Waals surface area contributed by atoms with Crippen LogP contribution >= 0.6 is 0 Å². The molecule has 0 aliphatic carbocycles. The molecule has 0 atom stereocenters. The first-order chi connectivity index (χ1) is 16.0. The highest BCUT2D eigenvalue weighted by Crippen LogP contribution is 2.30. The maximum Gasteiger partial charge on any atom is 0.225 e. The normalized spacial score (nSPS) is 10.6. The van der Waals surface area contributed by atoms with Crippen molar-refractivity contribution < 1.29 is 4.79 Å². The second-order valence-corrected chi connectivity index (χ2v) is 8.18. The highest BCUT2D eigenvalue weighted by molar-refractivity contribution is 5.80. The summed E-state index contributed by atoms with van der Waals surface area (Å²) in [5, 5.41) is 3.00. The van der Waals surface area contributed by atoms with Gasteiger partial charge in [0, 0.05) is 44.2 Å². The van der Waals surface area contributed by atoms with Gasteiger partial charge in [-0.2, -0.15) is 0 Å². The molecule has 0 saturated carbocycles. The number of aromatic nitrogens is 3. The van der Waals surface area contributed by atoms with E-state index in [0.29, 0.717) is 18.9 Å². The van der Waals surface area contributed by atoms with Crippen LogP contribution < -0.4 is 10.2 Å². The summed E-state index contributed by atoms with van der Waals surface area (Å²) in [5.41, 5.74) is 6.71. The third-order valence-electron chi connectivity index (χ3n) is 5.32. The Morgan fingerprint density at radius 3 is 2.30 bits per heavy atom. The number of anilines is 1. The van der Waals surface area contributed by atoms with Crippen molar-refractivity contribution in [3.05, 3.63) is 95.8 Å². The molecular formula is C27H27N5O. The molecule has 0 unspecified atom stereocenters. The van der Waals surface area contributed by atoms with E-state index >= 15 is 0 Å². The zero-order chi connectivity index (χ0) is 23.2. The molecule has 1 amide bonds. The fraction of sp³-hybridized carbons (Fsp3) is 0.185. The summed E-state index contributed by atoms with van der Waals surface area (Å²) in [4.78, 5) is 27.9. The largest absolute Gasteiger partial charge is 0.352 e. The Kier molecular flexibility index (Phi) is 6.74. The first kappa shape index (κ1) is 22.1. The van der Waals surface area contributed by atoms with Gasteiger partial charge in [0.15, 0.2) is 0 Å². The SMILES string of the molecule is Cc1ccc(CC(=O)NCc2ccc(-c3nc(N(C)C)ncc3-c3ccccn3)cc2)cc1. The zero-order valence-corrected chi connectivity index (χ0v) is 19.1. The summed E-state index contributed by atoms with van der Waals surface area (Å²) in [6, 6.07) is 21.9. The number of nitrogens with zero attached hydrogens (tertiary/aromatic N) is 4. The lowest BCUT2D eigenvalue weighted by Crippen LogP contribution is -2.24. The van der Waals surface area contributed by atoms with E-state index in [-0.39, 0.29) is 5.91 Å². The maximum atomic E-state index is 12.3. The number of hydrogen-bond donors (Lipinski definition) is 1. The molecule has 6 heteroatoms. The summed E-state index contributed by atoms with van der Waals surface area (Å²) >= 11 is 0. The Bertz CT molecular complexity index is 1220. The molecular weight excluding hydrogens is 410 g/mol. The predicted molar refractivity (Wildman–Crippen MR) is 132 cm³/mol. The monoisotopic (exact) mass is 437 g/mol. The van der Waals surface area contributed by atoms with Crippen LogP contribution in [-0.2, 0) is 17.8 Å². The van der Waals surface area contributed by atoms with Gasteiger partial charge in [0.2, 0.25) is 11.9 Å². The van der Waals surface area contributed by atoms with Gasteiger partial charge in [0.25, 0.3) is 0 Å². The van der Waals surface area contributed by atoms with Gasteiger partial charge in [-0.05, 0) is 30.2 Å². The van der Waals surface area contributed by atoms with Crippen LogP contribution in [0.15, 0.2) is 79.1 Å². The van der Waals surface area contributed by atoms with Gasteiger partial charge in [0.05, 0.1) is 17.8 Å². The van der Waals surface area contributed by atoms with Crippen molar-refractivity contribution in [2.75, 3.05) is 19.0 Å². The van der Waals surface area contributed by atoms with E-state index in [1.165, 1.54) is 5.56 Å². The van der Waals surface area contributed by atoms with E-state index in [0.717, 1.165) is 33.6 Å². The van der Waals surface area contributed by atoms with Crippen LogP contribution in [0.5, 0.6) is 0 Å². The Morgan fingerprint density at radius 2 is 1.64 bits per heavy atom. The van der Waals surface area contributed by atoms with Gasteiger partial charge in [-0.25, -0.2) is 9.97 Å². The van der Waals surface area contributed by atoms with Gasteiger partial charge < -0.3 is 10.2 Å². The van der Waals surface area contributed by atoms with Crippen molar-refractivity contribution in [2.45, 2.75) is 19.9 Å². The van der Waals surface area contributed by atoms with E-state index in [1.54, 1.807) is 6.20 Å². The Hall–Kier alpha value is -4.06. The summed E-state index contributed by atoms with van der Waals surface area (Å²) in [7, 11) is 3.84. The minimum Gasteiger partial charge on any atom is -0.352 e. The number of carbonyl (C=O) groups is 1. The lowest BCUT2D eigenvalue weighted by molar-refractivity contribution is -0.120. The van der Waals surface area contributed by atoms with Crippen LogP contribution in [0.3, 0.4) is 0 Å². The smallest absolute Gasteiger partial charge is 0.225 e. The highest BCUT2D eigenvalue weighted by atomic mass is 16.1. The molecule has 166 valence electrons. The van der Waals surface area contributed by atoms with Crippen molar-refractivity contribution in [1.82, 2.24) is 20.3 Å². The molecule has 0 fully saturated rings. The summed E-state index contributed by atoms with van der Waals surface area (Å²) in [5.74, 6) is 0.643. The number of aryl methyl sites for hydroxylation is 1. The van der Waals surface area contributed by atoms with Crippen LogP contribution in [0.25, 0.3) is 22.5 Å². The van der Waals surface area contributed by atoms with E-state index in [9.17, 15) is 4.79 Å². The molecule has 4 rings (SSSR count). The molecule has 0 aliphatic heterocycles. The number of benzene rings is 2. The third kappa shape index (κ3) is 5.60. The minimum atomic E-state index is 0.00629. The summed E-state index contributed by atoms with van der Waals surface area (Å²) in [6.45, 7) is 2.51. The van der Waals surface area contributed by atoms with E-state index in [1.807, 2.05) is 98.8 Å². The van der Waals surface area contributed by atoms with Crippen LogP contribution in [-0.4, -0.2) is 35.0 Å². The standard InChI is InChI=1S/C27H27N5O/c1-19-7-9-20(10-8-19)16-25(33)29-17-21-11-13-22(14-12-21)26-23(24-6-4-5-15-28-24)18-30-27(31-26)32(2)3/h4-15,18H,16-17H2,1-3H3,(H,29,33). The first-order valence-corrected chi connectivity index (χ1v) is 10.9. The lowest BCUT2D eigenvalue weighted by Gasteiger charge is -2.14. The van der Waals surface area contributed by atoms with Crippen molar-refractivity contribution in [1.29, 1.82) is 0 Å². The number of pyridine rings is 1. The van der Waals surface area contributed by atoms with Crippen molar-refractivity contribution >= 4 is 11.9 Å². The van der Waals surface area contributed by atoms with Crippen molar-refractivity contribution in [3.63, 3.8) is 0 Å². The minimum absolute atomic E-state index is 0.00629. The van der Waals surface area contributed by atoms with E-state index < -0.39 is 0 Å². The summed E-state index contributed by atoms with van der Waals surface area (Å²) in [6.07, 6.45) is 3.96. The summed E-state index contributed by atoms with van der Waals surface area (Å²) < 4.78 is 0. The Labute approximate surface area is 194 Å². The maximum absolute atomic E-state index is 12.3. The van der Waals surface area contributed by atoms with Crippen LogP contribution in [0, 0.1) is 6.92 Å². The van der Waals surface area contributed by atoms with E-state index in [2.05, 4.69) is 15.3 Å². The van der Waals surface area contributed by atoms with Crippen molar-refractivity contribution in [3.8, 4) is 22.5 Å². The molecule has 33 heavy (non-hydrogen) atoms. The van der Waals surface area contributed by atoms with Gasteiger partial charge in [-0.3, -0.25) is 9.78 Å². The lowest BCUT2D eigenvalue weighted by atomic mass is 10.0. The molecule has 2 aromatic heterocycles. The predicted octanol–water partition coefficient (Wildman–Crippen LogP) is 4.44. The number of nitrogens with one attached hydrogen (secondary N) is 1. The Morgan fingerprint density at radius 1 is 0.909 bits per heavy atom. The van der Waals surface area contributed by atoms with Gasteiger partial charge >= 0.3 is 0 Å². The molecule has 0 radical (unpaired) electrons. The number of carbonyl (C=O) groups excluding carboxylic acids is 1. The van der Waals surface area contributed by atoms with Gasteiger partial charge in [-0.1, -0.05) is 60.2 Å². The molecule has 0 aliphatic rings. The average Bonchev–Trinajstić information content (AvgIpc) is 2.84. The molecule has 2 heterocycles. The zero-order valence-electron chi connectivity index (χ0n) is 19.1. The molecule has 6 nitrogen and oxygen atoms in total. The molecule has 0 spiro atoms. The average molecular weight is 438 g/mol. The highest BCUT2D eigenvalue weighted by Gasteiger charge is 2.13. The Balaban J connectivity index is 1.50. The molecule has 1 N–H and O–H groups in total. The molecule has 0 saturated heterocycles. The topological polar surface area (TPSA) is 71.0 Å². The molecule has 4 aromatic rings. The van der Waals surface area contributed by atoms with Gasteiger partial charge in [0.1, 0.15) is 0 Å². The third-order valence-corrected chi connectivity index (χ3v) is 5.32. The van der Waals surface area contributed by atoms with E-state index in [4.69, 9.17) is 4.98 Å². The number of amides is 1. The van der Waals surface area contributed by atoms with Crippen LogP contribution in [0.1, 0.15) is 16.7 Å². The second kappa shape index (κ2) is 10.0. The quantitative estimate of drug-likeness (QED) is 0.463. The molecule has 0 bridgehead atoms. The fourth-order valence-corrected chi connectivity index (χ4v) is 3.45. The van der Waals surface area contributed by atoms with Crippen LogP contribution in [0.4, 0.5) is 5.95 Å². The second-order valence-electron chi connectivity index (χ2n) is 8.18. The first-order valence-electron chi connectivity index (χ1n) is 10.9. The van der Waals surface area contributed by atoms with Crippen LogP contribution in [0.2, 0.25) is 0 Å². The molecule has 2 aromatic carbocycles. The fourth-order valence-electron chi connectivity index (χ4n) is 3.45. The number of hydrogen-bond acceptors (Lipinski definition) is 5. The van der Waals surface area contributed by atoms with Gasteiger partial charge in [-0.15, -0.1) is 0 Å². The van der Waals surface area contributed by atoms with Crippen molar-refractivity contribution in [2.24, 2.45) is 0 Å². The number of rotatable bonds is 7.